The molecule has 0 aromatic carbocycles. The Morgan fingerprint density at radius 3 is 1.95 bits per heavy atom. The highest BCUT2D eigenvalue weighted by atomic mass is 16.1. The second kappa shape index (κ2) is 7.38. The summed E-state index contributed by atoms with van der Waals surface area (Å²) in [6, 6.07) is 0.269. The van der Waals surface area contributed by atoms with Gasteiger partial charge in [0.25, 0.3) is 0 Å². The molecule has 0 amide bonds. The van der Waals surface area contributed by atoms with E-state index >= 15 is 0 Å². The minimum Gasteiger partial charge on any atom is -0.352 e. The van der Waals surface area contributed by atoms with Crippen molar-refractivity contribution >= 4 is 23.6 Å². The average Bonchev–Trinajstić information content (AvgIpc) is 2.33. The molecular formula is C13H21N7O. The van der Waals surface area contributed by atoms with Crippen molar-refractivity contribution in [1.29, 1.82) is 5.26 Å². The third-order valence-corrected chi connectivity index (χ3v) is 2.20. The summed E-state index contributed by atoms with van der Waals surface area (Å²) >= 11 is 0. The summed E-state index contributed by atoms with van der Waals surface area (Å²) in [5.41, 5.74) is 0. The van der Waals surface area contributed by atoms with Crippen LogP contribution in [0.5, 0.6) is 0 Å². The highest BCUT2D eigenvalue weighted by Crippen LogP contribution is 2.14. The zero-order valence-corrected chi connectivity index (χ0v) is 13.0. The van der Waals surface area contributed by atoms with Crippen molar-refractivity contribution in [1.82, 2.24) is 15.0 Å². The van der Waals surface area contributed by atoms with E-state index in [4.69, 9.17) is 5.26 Å². The van der Waals surface area contributed by atoms with Gasteiger partial charge in [-0.25, -0.2) is 4.90 Å². The molecule has 0 aliphatic rings. The van der Waals surface area contributed by atoms with Gasteiger partial charge in [-0.2, -0.15) is 20.2 Å². The molecule has 1 rings (SSSR count). The van der Waals surface area contributed by atoms with Crippen LogP contribution in [0, 0.1) is 11.5 Å². The van der Waals surface area contributed by atoms with Crippen molar-refractivity contribution in [3.63, 3.8) is 0 Å². The summed E-state index contributed by atoms with van der Waals surface area (Å²) in [6.45, 7) is 9.16. The number of nitriles is 1. The van der Waals surface area contributed by atoms with Crippen molar-refractivity contribution in [2.75, 3.05) is 22.1 Å². The molecular weight excluding hydrogens is 270 g/mol. The second-order valence-electron chi connectivity index (χ2n) is 5.27. The average molecular weight is 291 g/mol. The third-order valence-electron chi connectivity index (χ3n) is 2.20. The first-order valence-electron chi connectivity index (χ1n) is 6.77. The molecule has 0 aliphatic heterocycles. The zero-order valence-electron chi connectivity index (χ0n) is 13.0. The van der Waals surface area contributed by atoms with Crippen molar-refractivity contribution in [2.45, 2.75) is 46.7 Å². The van der Waals surface area contributed by atoms with Crippen LogP contribution in [0.4, 0.5) is 17.8 Å². The summed E-state index contributed by atoms with van der Waals surface area (Å²) in [6.07, 6.45) is 1.91. The Morgan fingerprint density at radius 2 is 1.62 bits per heavy atom. The van der Waals surface area contributed by atoms with E-state index < -0.39 is 0 Å². The number of ketones is 1. The molecule has 0 spiro atoms. The largest absolute Gasteiger partial charge is 0.352 e. The van der Waals surface area contributed by atoms with Gasteiger partial charge in [-0.1, -0.05) is 0 Å². The molecule has 0 saturated carbocycles. The number of anilines is 3. The third kappa shape index (κ3) is 5.60. The summed E-state index contributed by atoms with van der Waals surface area (Å²) in [5.74, 6) is 0.728. The van der Waals surface area contributed by atoms with E-state index in [1.165, 1.54) is 6.92 Å². The molecule has 0 saturated heterocycles. The summed E-state index contributed by atoms with van der Waals surface area (Å²) in [7, 11) is 0. The van der Waals surface area contributed by atoms with Crippen LogP contribution in [0.15, 0.2) is 0 Å². The van der Waals surface area contributed by atoms with Gasteiger partial charge in [0.1, 0.15) is 5.78 Å². The summed E-state index contributed by atoms with van der Waals surface area (Å²) in [5, 5.41) is 15.3. The molecule has 8 nitrogen and oxygen atoms in total. The van der Waals surface area contributed by atoms with Crippen LogP contribution in [-0.2, 0) is 4.79 Å². The Hall–Kier alpha value is -2.43. The predicted molar refractivity (Wildman–Crippen MR) is 81.0 cm³/mol. The van der Waals surface area contributed by atoms with Gasteiger partial charge in [-0.15, -0.1) is 0 Å². The predicted octanol–water partition coefficient (Wildman–Crippen LogP) is 1.39. The van der Waals surface area contributed by atoms with Gasteiger partial charge in [0.15, 0.2) is 6.19 Å². The lowest BCUT2D eigenvalue weighted by molar-refractivity contribution is -0.115. The fourth-order valence-electron chi connectivity index (χ4n) is 1.50. The van der Waals surface area contributed by atoms with Crippen molar-refractivity contribution in [2.24, 2.45) is 0 Å². The van der Waals surface area contributed by atoms with Crippen molar-refractivity contribution < 1.29 is 4.79 Å². The van der Waals surface area contributed by atoms with Gasteiger partial charge in [-0.05, 0) is 34.6 Å². The number of hydrogen-bond donors (Lipinski definition) is 2. The Kier molecular flexibility index (Phi) is 5.84. The van der Waals surface area contributed by atoms with Crippen molar-refractivity contribution in [3.05, 3.63) is 0 Å². The summed E-state index contributed by atoms with van der Waals surface area (Å²) in [4.78, 5) is 25.0. The number of nitrogens with zero attached hydrogens (tertiary/aromatic N) is 5. The number of nitrogens with one attached hydrogen (secondary N) is 2. The SMILES string of the molecule is CC(=O)CN(C#N)c1nc(NC(C)C)nc(NC(C)C)n1. The molecule has 21 heavy (non-hydrogen) atoms. The number of carbonyl (C=O) groups excluding carboxylic acids is 1. The van der Waals surface area contributed by atoms with E-state index in [2.05, 4.69) is 25.6 Å². The van der Waals surface area contributed by atoms with Crippen LogP contribution < -0.4 is 15.5 Å². The molecule has 1 aromatic heterocycles. The molecule has 2 N–H and O–H groups in total. The van der Waals surface area contributed by atoms with Crippen LogP contribution in [0.2, 0.25) is 0 Å². The minimum absolute atomic E-state index is 0.0667. The molecule has 1 heterocycles. The number of aromatic nitrogens is 3. The Bertz CT molecular complexity index is 508. The van der Waals surface area contributed by atoms with Crippen LogP contribution in [-0.4, -0.2) is 39.4 Å². The lowest BCUT2D eigenvalue weighted by Gasteiger charge is -2.16. The standard InChI is InChI=1S/C13H21N7O/c1-8(2)15-11-17-12(16-9(3)4)19-13(18-11)20(7-14)6-10(5)21/h8-9H,6H2,1-5H3,(H2,15,16,17,18,19). The first-order chi connectivity index (χ1) is 9.81. The molecule has 0 fully saturated rings. The van der Waals surface area contributed by atoms with E-state index in [0.717, 1.165) is 4.90 Å². The Labute approximate surface area is 124 Å². The van der Waals surface area contributed by atoms with Gasteiger partial charge >= 0.3 is 0 Å². The smallest absolute Gasteiger partial charge is 0.245 e. The highest BCUT2D eigenvalue weighted by molar-refractivity contribution is 5.81. The highest BCUT2D eigenvalue weighted by Gasteiger charge is 2.15. The number of rotatable bonds is 7. The first kappa shape index (κ1) is 16.6. The van der Waals surface area contributed by atoms with Gasteiger partial charge in [0.05, 0.1) is 6.54 Å². The minimum atomic E-state index is -0.145. The van der Waals surface area contributed by atoms with Crippen LogP contribution in [0.1, 0.15) is 34.6 Å². The van der Waals surface area contributed by atoms with Crippen LogP contribution >= 0.6 is 0 Å². The van der Waals surface area contributed by atoms with Crippen LogP contribution in [0.3, 0.4) is 0 Å². The van der Waals surface area contributed by atoms with E-state index in [1.807, 2.05) is 33.9 Å². The number of carbonyl (C=O) groups is 1. The molecule has 1 aromatic rings. The van der Waals surface area contributed by atoms with E-state index in [-0.39, 0.29) is 30.4 Å². The fourth-order valence-corrected chi connectivity index (χ4v) is 1.50. The fraction of sp³-hybridized carbons (Fsp3) is 0.615. The van der Waals surface area contributed by atoms with Gasteiger partial charge in [-0.3, -0.25) is 4.79 Å². The second-order valence-corrected chi connectivity index (χ2v) is 5.27. The lowest BCUT2D eigenvalue weighted by Crippen LogP contribution is -2.27. The van der Waals surface area contributed by atoms with E-state index in [1.54, 1.807) is 0 Å². The molecule has 0 aliphatic carbocycles. The first-order valence-corrected chi connectivity index (χ1v) is 6.77. The van der Waals surface area contributed by atoms with Gasteiger partial charge in [0, 0.05) is 12.1 Å². The maximum Gasteiger partial charge on any atom is 0.245 e. The van der Waals surface area contributed by atoms with Crippen LogP contribution in [0.25, 0.3) is 0 Å². The molecule has 0 radical (unpaired) electrons. The van der Waals surface area contributed by atoms with Gasteiger partial charge in [0.2, 0.25) is 17.8 Å². The molecule has 0 unspecified atom stereocenters. The molecule has 0 bridgehead atoms. The maximum atomic E-state index is 11.2. The molecule has 8 heteroatoms. The van der Waals surface area contributed by atoms with E-state index in [9.17, 15) is 4.79 Å². The number of hydrogen-bond acceptors (Lipinski definition) is 8. The molecule has 114 valence electrons. The zero-order chi connectivity index (χ0) is 16.0. The van der Waals surface area contributed by atoms with E-state index in [0.29, 0.717) is 11.9 Å². The molecule has 0 atom stereocenters. The topological polar surface area (TPSA) is 107 Å². The normalized spacial score (nSPS) is 10.4. The lowest BCUT2D eigenvalue weighted by atomic mass is 10.4. The summed E-state index contributed by atoms with van der Waals surface area (Å²) < 4.78 is 0. The van der Waals surface area contributed by atoms with Crippen molar-refractivity contribution in [3.8, 4) is 6.19 Å². The Morgan fingerprint density at radius 1 is 1.14 bits per heavy atom. The Balaban J connectivity index is 3.16. The number of Topliss-reactive ketones (excluding diaryl/α,β-unsaturated/α-hetero) is 1. The quantitative estimate of drug-likeness (QED) is 0.573. The maximum absolute atomic E-state index is 11.2. The monoisotopic (exact) mass is 291 g/mol. The van der Waals surface area contributed by atoms with Gasteiger partial charge < -0.3 is 10.6 Å².